The fourth-order valence-electron chi connectivity index (χ4n) is 3.14. The zero-order chi connectivity index (χ0) is 19.6. The zero-order valence-electron chi connectivity index (χ0n) is 15.7. The van der Waals surface area contributed by atoms with Crippen molar-refractivity contribution in [3.8, 4) is 0 Å². The van der Waals surface area contributed by atoms with Crippen LogP contribution in [0.4, 0.5) is 0 Å². The second-order valence-corrected chi connectivity index (χ2v) is 6.48. The molecular weight excluding hydrogens is 332 g/mol. The predicted octanol–water partition coefficient (Wildman–Crippen LogP) is 3.26. The Morgan fingerprint density at radius 2 is 1.81 bits per heavy atom. The number of aromatic nitrogens is 1. The summed E-state index contributed by atoms with van der Waals surface area (Å²) in [5.41, 5.74) is 4.45. The highest BCUT2D eigenvalue weighted by Crippen LogP contribution is 2.22. The average molecular weight is 356 g/mol. The Morgan fingerprint density at radius 1 is 1.15 bits per heavy atom. The highest BCUT2D eigenvalue weighted by Gasteiger charge is 2.27. The van der Waals surface area contributed by atoms with Crippen LogP contribution in [0.5, 0.6) is 0 Å². The lowest BCUT2D eigenvalue weighted by Gasteiger charge is -2.16. The topological polar surface area (TPSA) is 99.3 Å². The van der Waals surface area contributed by atoms with Gasteiger partial charge in [0, 0.05) is 11.3 Å². The second-order valence-electron chi connectivity index (χ2n) is 6.48. The number of hydrogen-bond acceptors (Lipinski definition) is 3. The summed E-state index contributed by atoms with van der Waals surface area (Å²) in [7, 11) is 0. The summed E-state index contributed by atoms with van der Waals surface area (Å²) < 4.78 is 0. The molecule has 0 aliphatic carbocycles. The molecule has 1 atom stereocenters. The van der Waals surface area contributed by atoms with Crippen molar-refractivity contribution < 1.29 is 19.5 Å². The number of rotatable bonds is 6. The van der Waals surface area contributed by atoms with E-state index in [1.165, 1.54) is 6.92 Å². The number of nitrogens with one attached hydrogen (secondary N) is 2. The highest BCUT2D eigenvalue weighted by atomic mass is 16.4. The molecule has 1 aromatic carbocycles. The first kappa shape index (κ1) is 19.4. The highest BCUT2D eigenvalue weighted by molar-refractivity contribution is 6.03. The van der Waals surface area contributed by atoms with Crippen molar-refractivity contribution in [3.63, 3.8) is 0 Å². The van der Waals surface area contributed by atoms with Gasteiger partial charge in [-0.05, 0) is 56.4 Å². The van der Waals surface area contributed by atoms with Gasteiger partial charge in [-0.15, -0.1) is 0 Å². The minimum Gasteiger partial charge on any atom is -0.479 e. The van der Waals surface area contributed by atoms with E-state index in [1.54, 1.807) is 19.1 Å². The lowest BCUT2D eigenvalue weighted by Crippen LogP contribution is -2.34. The number of carboxylic acids is 1. The van der Waals surface area contributed by atoms with Crippen molar-refractivity contribution in [3.05, 3.63) is 57.4 Å². The molecule has 26 heavy (non-hydrogen) atoms. The third-order valence-corrected chi connectivity index (χ3v) is 4.61. The Balaban J connectivity index is 2.40. The normalized spacial score (nSPS) is 11.9. The van der Waals surface area contributed by atoms with Crippen LogP contribution < -0.4 is 5.32 Å². The number of hydrogen-bond donors (Lipinski definition) is 3. The van der Waals surface area contributed by atoms with Gasteiger partial charge >= 0.3 is 5.97 Å². The molecule has 1 aromatic heterocycles. The summed E-state index contributed by atoms with van der Waals surface area (Å²) >= 11 is 0. The van der Waals surface area contributed by atoms with Gasteiger partial charge in [0.05, 0.1) is 0 Å². The number of aryl methyl sites for hydroxylation is 3. The van der Waals surface area contributed by atoms with Gasteiger partial charge in [0.2, 0.25) is 0 Å². The summed E-state index contributed by atoms with van der Waals surface area (Å²) in [5.74, 6) is -1.81. The van der Waals surface area contributed by atoms with Gasteiger partial charge in [0.1, 0.15) is 5.69 Å². The molecule has 2 aromatic rings. The van der Waals surface area contributed by atoms with Crippen molar-refractivity contribution >= 4 is 17.7 Å². The molecule has 0 aliphatic heterocycles. The molecule has 0 bridgehead atoms. The van der Waals surface area contributed by atoms with Crippen LogP contribution in [0.3, 0.4) is 0 Å². The molecule has 0 saturated heterocycles. The molecule has 6 nitrogen and oxygen atoms in total. The molecule has 1 unspecified atom stereocenters. The third kappa shape index (κ3) is 3.69. The molecule has 1 amide bonds. The third-order valence-electron chi connectivity index (χ3n) is 4.61. The maximum atomic E-state index is 12.7. The number of aliphatic carboxylic acids is 1. The fraction of sp³-hybridized carbons (Fsp3) is 0.350. The van der Waals surface area contributed by atoms with E-state index in [0.717, 1.165) is 11.1 Å². The molecule has 2 rings (SSSR count). The van der Waals surface area contributed by atoms with E-state index in [2.05, 4.69) is 10.3 Å². The van der Waals surface area contributed by atoms with E-state index < -0.39 is 17.9 Å². The van der Waals surface area contributed by atoms with Crippen molar-refractivity contribution in [2.75, 3.05) is 0 Å². The molecule has 0 aliphatic rings. The smallest absolute Gasteiger partial charge is 0.330 e. The average Bonchev–Trinajstić information content (AvgIpc) is 2.91. The number of Topliss-reactive ketones (excluding diaryl/α,β-unsaturated/α-hetero) is 1. The first-order valence-electron chi connectivity index (χ1n) is 8.50. The summed E-state index contributed by atoms with van der Waals surface area (Å²) in [5, 5.41) is 12.1. The van der Waals surface area contributed by atoms with Gasteiger partial charge < -0.3 is 15.4 Å². The maximum absolute atomic E-state index is 12.7. The van der Waals surface area contributed by atoms with Crippen LogP contribution in [0.2, 0.25) is 0 Å². The van der Waals surface area contributed by atoms with E-state index in [-0.39, 0.29) is 11.5 Å². The lowest BCUT2D eigenvalue weighted by atomic mass is 10.00. The zero-order valence-corrected chi connectivity index (χ0v) is 15.7. The fourth-order valence-corrected chi connectivity index (χ4v) is 3.14. The molecule has 0 fully saturated rings. The predicted molar refractivity (Wildman–Crippen MR) is 98.7 cm³/mol. The van der Waals surface area contributed by atoms with Gasteiger partial charge in [-0.2, -0.15) is 0 Å². The number of ketones is 1. The second kappa shape index (κ2) is 7.56. The number of carbonyl (C=O) groups is 3. The molecule has 0 radical (unpaired) electrons. The minimum atomic E-state index is -1.17. The molecule has 6 heteroatoms. The molecule has 138 valence electrons. The van der Waals surface area contributed by atoms with Crippen molar-refractivity contribution in [1.29, 1.82) is 0 Å². The Bertz CT molecular complexity index is 880. The van der Waals surface area contributed by atoms with E-state index in [1.807, 2.05) is 26.8 Å². The first-order chi connectivity index (χ1) is 12.2. The van der Waals surface area contributed by atoms with Crippen LogP contribution in [0.1, 0.15) is 68.7 Å². The lowest BCUT2D eigenvalue weighted by molar-refractivity contribution is -0.139. The van der Waals surface area contributed by atoms with Crippen LogP contribution in [0.25, 0.3) is 0 Å². The van der Waals surface area contributed by atoms with Crippen molar-refractivity contribution in [1.82, 2.24) is 10.3 Å². The Labute approximate surface area is 152 Å². The summed E-state index contributed by atoms with van der Waals surface area (Å²) in [4.78, 5) is 39.2. The molecule has 1 heterocycles. The van der Waals surface area contributed by atoms with Gasteiger partial charge in [-0.25, -0.2) is 4.79 Å². The summed E-state index contributed by atoms with van der Waals surface area (Å²) in [6.07, 6.45) is 0.489. The largest absolute Gasteiger partial charge is 0.479 e. The van der Waals surface area contributed by atoms with E-state index >= 15 is 0 Å². The number of amides is 1. The van der Waals surface area contributed by atoms with Crippen molar-refractivity contribution in [2.45, 2.75) is 47.1 Å². The first-order valence-corrected chi connectivity index (χ1v) is 8.50. The van der Waals surface area contributed by atoms with Crippen LogP contribution in [0, 0.1) is 20.8 Å². The SMILES string of the molecule is CCc1c(C(=O)NC(C(=O)O)c2ccc(C)c(C)c2)[nH]c(C)c1C(C)=O. The van der Waals surface area contributed by atoms with Crippen molar-refractivity contribution in [2.24, 2.45) is 0 Å². The molecular formula is C20H24N2O4. The maximum Gasteiger partial charge on any atom is 0.330 e. The van der Waals surface area contributed by atoms with Gasteiger partial charge in [-0.1, -0.05) is 25.1 Å². The number of H-pyrrole nitrogens is 1. The Kier molecular flexibility index (Phi) is 5.65. The number of carboxylic acid groups (broad SMARTS) is 1. The van der Waals surface area contributed by atoms with Gasteiger partial charge in [0.15, 0.2) is 11.8 Å². The van der Waals surface area contributed by atoms with E-state index in [0.29, 0.717) is 28.8 Å². The van der Waals surface area contributed by atoms with E-state index in [4.69, 9.17) is 0 Å². The number of benzene rings is 1. The Morgan fingerprint density at radius 3 is 2.31 bits per heavy atom. The van der Waals surface area contributed by atoms with Gasteiger partial charge in [0.25, 0.3) is 5.91 Å². The van der Waals surface area contributed by atoms with Crippen LogP contribution >= 0.6 is 0 Å². The van der Waals surface area contributed by atoms with Crippen LogP contribution in [0.15, 0.2) is 18.2 Å². The number of aromatic amines is 1. The monoisotopic (exact) mass is 356 g/mol. The van der Waals surface area contributed by atoms with Crippen LogP contribution in [-0.4, -0.2) is 27.8 Å². The van der Waals surface area contributed by atoms with Crippen LogP contribution in [-0.2, 0) is 11.2 Å². The quantitative estimate of drug-likeness (QED) is 0.692. The summed E-state index contributed by atoms with van der Waals surface area (Å²) in [6.45, 7) is 8.86. The minimum absolute atomic E-state index is 0.126. The molecule has 0 spiro atoms. The van der Waals surface area contributed by atoms with Gasteiger partial charge in [-0.3, -0.25) is 9.59 Å². The summed E-state index contributed by atoms with van der Waals surface area (Å²) in [6, 6.07) is 4.12. The standard InChI is InChI=1S/C20H24N2O4/c1-6-15-16(13(5)23)12(4)21-18(15)19(24)22-17(20(25)26)14-8-7-10(2)11(3)9-14/h7-9,17,21H,6H2,1-5H3,(H,22,24)(H,25,26). The molecule has 3 N–H and O–H groups in total. The molecule has 0 saturated carbocycles. The number of carbonyl (C=O) groups excluding carboxylic acids is 2. The van der Waals surface area contributed by atoms with E-state index in [9.17, 15) is 19.5 Å². The Hall–Kier alpha value is -2.89.